The van der Waals surface area contributed by atoms with Gasteiger partial charge in [-0.2, -0.15) is 0 Å². The van der Waals surface area contributed by atoms with Gasteiger partial charge in [-0.15, -0.1) is 0 Å². The van der Waals surface area contributed by atoms with Crippen LogP contribution in [0.5, 0.6) is 0 Å². The van der Waals surface area contributed by atoms with Crippen molar-refractivity contribution in [1.29, 1.82) is 0 Å². The lowest BCUT2D eigenvalue weighted by molar-refractivity contribution is 0.00844. The van der Waals surface area contributed by atoms with Gasteiger partial charge in [0, 0.05) is 0 Å². The lowest BCUT2D eigenvalue weighted by atomic mass is 9.80. The highest BCUT2D eigenvalue weighted by atomic mass is 16.3. The summed E-state index contributed by atoms with van der Waals surface area (Å²) in [7, 11) is 1.99. The summed E-state index contributed by atoms with van der Waals surface area (Å²) in [4.78, 5) is 0. The van der Waals surface area contributed by atoms with Gasteiger partial charge in [0.25, 0.3) is 0 Å². The lowest BCUT2D eigenvalue weighted by Crippen LogP contribution is -2.33. The maximum Gasteiger partial charge on any atom is 0.0620 e. The molecule has 0 atom stereocenters. The van der Waals surface area contributed by atoms with Crippen LogP contribution in [0.25, 0.3) is 0 Å². The largest absolute Gasteiger partial charge is 0.390 e. The fraction of sp³-hybridized carbons (Fsp3) is 1.00. The highest BCUT2D eigenvalue weighted by Gasteiger charge is 2.27. The van der Waals surface area contributed by atoms with Gasteiger partial charge in [-0.1, -0.05) is 0 Å². The van der Waals surface area contributed by atoms with Gasteiger partial charge in [-0.3, -0.25) is 0 Å². The minimum Gasteiger partial charge on any atom is -0.390 e. The van der Waals surface area contributed by atoms with Crippen LogP contribution in [0.4, 0.5) is 0 Å². The average Bonchev–Trinajstić information content (AvgIpc) is 1.94. The van der Waals surface area contributed by atoms with Gasteiger partial charge in [0.2, 0.25) is 0 Å². The maximum atomic E-state index is 9.64. The molecule has 0 unspecified atom stereocenters. The van der Waals surface area contributed by atoms with Crippen molar-refractivity contribution in [2.45, 2.75) is 38.2 Å². The maximum absolute atomic E-state index is 9.64. The zero-order chi connectivity index (χ0) is 8.32. The van der Waals surface area contributed by atoms with Crippen molar-refractivity contribution in [1.82, 2.24) is 5.32 Å². The van der Waals surface area contributed by atoms with E-state index in [-0.39, 0.29) is 5.60 Å². The molecule has 0 heterocycles. The third-order valence-corrected chi connectivity index (χ3v) is 2.68. The van der Waals surface area contributed by atoms with E-state index in [0.29, 0.717) is 0 Å². The molecule has 0 aromatic carbocycles. The van der Waals surface area contributed by atoms with Gasteiger partial charge in [0.05, 0.1) is 5.60 Å². The van der Waals surface area contributed by atoms with Crippen LogP contribution in [0.15, 0.2) is 0 Å². The molecule has 0 spiro atoms. The Morgan fingerprint density at radius 2 is 2.00 bits per heavy atom. The summed E-state index contributed by atoms with van der Waals surface area (Å²) in [5.74, 6) is 0.792. The minimum absolute atomic E-state index is 0.371. The second kappa shape index (κ2) is 3.55. The summed E-state index contributed by atoms with van der Waals surface area (Å²) >= 11 is 0. The standard InChI is InChI=1S/C9H19NO/c1-9(11)5-3-8(4-6-9)7-10-2/h8,10-11H,3-7H2,1-2H3. The van der Waals surface area contributed by atoms with Crippen LogP contribution >= 0.6 is 0 Å². The fourth-order valence-electron chi connectivity index (χ4n) is 1.79. The molecule has 1 aliphatic carbocycles. The monoisotopic (exact) mass is 157 g/mol. The predicted molar refractivity (Wildman–Crippen MR) is 46.5 cm³/mol. The fourth-order valence-corrected chi connectivity index (χ4v) is 1.79. The first-order valence-corrected chi connectivity index (χ1v) is 4.51. The van der Waals surface area contributed by atoms with Crippen molar-refractivity contribution in [3.8, 4) is 0 Å². The Bertz CT molecular complexity index is 113. The molecule has 0 aromatic heterocycles. The first-order chi connectivity index (χ1) is 5.14. The van der Waals surface area contributed by atoms with Crippen molar-refractivity contribution in [2.75, 3.05) is 13.6 Å². The number of aliphatic hydroxyl groups is 1. The van der Waals surface area contributed by atoms with Crippen molar-refractivity contribution in [2.24, 2.45) is 5.92 Å². The predicted octanol–water partition coefficient (Wildman–Crippen LogP) is 1.15. The Morgan fingerprint density at radius 1 is 1.45 bits per heavy atom. The van der Waals surface area contributed by atoms with Crippen LogP contribution in [-0.4, -0.2) is 24.3 Å². The van der Waals surface area contributed by atoms with Crippen molar-refractivity contribution < 1.29 is 5.11 Å². The Labute approximate surface area is 69.0 Å². The summed E-state index contributed by atoms with van der Waals surface area (Å²) in [5, 5.41) is 12.8. The Kier molecular flexibility index (Phi) is 2.90. The summed E-state index contributed by atoms with van der Waals surface area (Å²) in [6.45, 7) is 3.05. The molecular formula is C9H19NO. The second-order valence-corrected chi connectivity index (χ2v) is 4.00. The van der Waals surface area contributed by atoms with Gasteiger partial charge in [0.15, 0.2) is 0 Å². The summed E-state index contributed by atoms with van der Waals surface area (Å²) < 4.78 is 0. The van der Waals surface area contributed by atoms with E-state index in [1.165, 1.54) is 12.8 Å². The van der Waals surface area contributed by atoms with Crippen LogP contribution in [-0.2, 0) is 0 Å². The van der Waals surface area contributed by atoms with Crippen molar-refractivity contribution in [3.05, 3.63) is 0 Å². The summed E-state index contributed by atoms with van der Waals surface area (Å²) in [6.07, 6.45) is 4.29. The Hall–Kier alpha value is -0.0800. The highest BCUT2D eigenvalue weighted by Crippen LogP contribution is 2.30. The van der Waals surface area contributed by atoms with E-state index in [9.17, 15) is 5.11 Å². The smallest absolute Gasteiger partial charge is 0.0620 e. The molecule has 1 rings (SSSR count). The van der Waals surface area contributed by atoms with Gasteiger partial charge in [-0.05, 0) is 52.1 Å². The van der Waals surface area contributed by atoms with E-state index in [1.807, 2.05) is 14.0 Å². The number of hydrogen-bond acceptors (Lipinski definition) is 2. The molecule has 0 bridgehead atoms. The molecule has 66 valence electrons. The molecule has 2 N–H and O–H groups in total. The van der Waals surface area contributed by atoms with Crippen LogP contribution < -0.4 is 5.32 Å². The van der Waals surface area contributed by atoms with Crippen LogP contribution in [0.1, 0.15) is 32.6 Å². The summed E-state index contributed by atoms with van der Waals surface area (Å²) in [6, 6.07) is 0. The number of nitrogens with one attached hydrogen (secondary N) is 1. The van der Waals surface area contributed by atoms with Gasteiger partial charge in [0.1, 0.15) is 0 Å². The van der Waals surface area contributed by atoms with Crippen molar-refractivity contribution in [3.63, 3.8) is 0 Å². The van der Waals surface area contributed by atoms with E-state index in [1.54, 1.807) is 0 Å². The van der Waals surface area contributed by atoms with E-state index < -0.39 is 0 Å². The normalized spacial score (nSPS) is 39.0. The molecule has 2 heteroatoms. The first-order valence-electron chi connectivity index (χ1n) is 4.51. The van der Waals surface area contributed by atoms with Gasteiger partial charge in [-0.25, -0.2) is 0 Å². The molecule has 1 fully saturated rings. The quantitative estimate of drug-likeness (QED) is 0.630. The molecular weight excluding hydrogens is 138 g/mol. The molecule has 11 heavy (non-hydrogen) atoms. The SMILES string of the molecule is CNCC1CCC(C)(O)CC1. The van der Waals surface area contributed by atoms with E-state index in [0.717, 1.165) is 25.3 Å². The molecule has 0 aromatic rings. The second-order valence-electron chi connectivity index (χ2n) is 4.00. The Balaban J connectivity index is 2.25. The summed E-state index contributed by atoms with van der Waals surface area (Å²) in [5.41, 5.74) is -0.371. The van der Waals surface area contributed by atoms with E-state index >= 15 is 0 Å². The molecule has 2 nitrogen and oxygen atoms in total. The van der Waals surface area contributed by atoms with E-state index in [4.69, 9.17) is 0 Å². The minimum atomic E-state index is -0.371. The van der Waals surface area contributed by atoms with Crippen LogP contribution in [0.3, 0.4) is 0 Å². The van der Waals surface area contributed by atoms with Gasteiger partial charge < -0.3 is 10.4 Å². The number of hydrogen-bond donors (Lipinski definition) is 2. The van der Waals surface area contributed by atoms with E-state index in [2.05, 4.69) is 5.32 Å². The molecule has 0 saturated heterocycles. The molecule has 0 aliphatic heterocycles. The highest BCUT2D eigenvalue weighted by molar-refractivity contribution is 4.81. The third kappa shape index (κ3) is 2.80. The first kappa shape index (κ1) is 9.01. The third-order valence-electron chi connectivity index (χ3n) is 2.68. The van der Waals surface area contributed by atoms with Gasteiger partial charge >= 0.3 is 0 Å². The molecule has 0 radical (unpaired) electrons. The topological polar surface area (TPSA) is 32.3 Å². The molecule has 1 saturated carbocycles. The lowest BCUT2D eigenvalue weighted by Gasteiger charge is -2.32. The molecule has 1 aliphatic rings. The molecule has 0 amide bonds. The van der Waals surface area contributed by atoms with Crippen LogP contribution in [0, 0.1) is 5.92 Å². The van der Waals surface area contributed by atoms with Crippen LogP contribution in [0.2, 0.25) is 0 Å². The average molecular weight is 157 g/mol. The van der Waals surface area contributed by atoms with Crippen molar-refractivity contribution >= 4 is 0 Å². The Morgan fingerprint density at radius 3 is 2.45 bits per heavy atom. The zero-order valence-electron chi connectivity index (χ0n) is 7.56. The zero-order valence-corrected chi connectivity index (χ0v) is 7.56. The number of rotatable bonds is 2.